The van der Waals surface area contributed by atoms with Gasteiger partial charge >= 0.3 is 68.9 Å². The van der Waals surface area contributed by atoms with Gasteiger partial charge in [0.25, 0.3) is 5.91 Å². The number of nitrogens with zero attached hydrogens (tertiary/aromatic N) is 1. The normalized spacial score (nSPS) is 16.4. The minimum absolute atomic E-state index is 0. The third-order valence-corrected chi connectivity index (χ3v) is 6.07. The van der Waals surface area contributed by atoms with Crippen molar-refractivity contribution in [2.45, 2.75) is 6.92 Å². The van der Waals surface area contributed by atoms with Crippen molar-refractivity contribution in [2.75, 3.05) is 0 Å². The van der Waals surface area contributed by atoms with Crippen LogP contribution in [-0.2, 0) is 9.59 Å². The zero-order valence-electron chi connectivity index (χ0n) is 12.3. The number of fused-ring (bicyclic) bond motifs is 1. The molecule has 0 unspecified atom stereocenters. The van der Waals surface area contributed by atoms with Gasteiger partial charge in [-0.3, -0.25) is 4.79 Å². The monoisotopic (exact) mass is 524 g/mol. The van der Waals surface area contributed by atoms with Gasteiger partial charge in [0.1, 0.15) is 0 Å². The maximum absolute atomic E-state index is 12.4. The van der Waals surface area contributed by atoms with Crippen molar-refractivity contribution < 1.29 is 78.5 Å². The number of amides is 2. The fourth-order valence-corrected chi connectivity index (χ4v) is 4.76. The molecule has 2 aliphatic heterocycles. The fraction of sp³-hybridized carbons (Fsp3) is 0.0667. The van der Waals surface area contributed by atoms with Gasteiger partial charge in [-0.25, -0.2) is 0 Å². The molecule has 8 heteroatoms. The Bertz CT molecular complexity index is 836. The predicted octanol–water partition coefficient (Wildman–Crippen LogP) is 1.05. The summed E-state index contributed by atoms with van der Waals surface area (Å²) in [6.45, 7) is 1.98. The molecule has 110 valence electrons. The smallest absolute Gasteiger partial charge is 0.621 e. The Balaban J connectivity index is 0.00000156. The topological polar surface area (TPSA) is 60.3 Å². The maximum Gasteiger partial charge on any atom is 1.00 e. The van der Waals surface area contributed by atoms with Crippen LogP contribution in [0.5, 0.6) is 0 Å². The summed E-state index contributed by atoms with van der Waals surface area (Å²) in [4.78, 5) is 27.5. The van der Waals surface area contributed by atoms with Gasteiger partial charge in [0.15, 0.2) is 0 Å². The summed E-state index contributed by atoms with van der Waals surface area (Å²) in [6.07, 6.45) is 0. The minimum atomic E-state index is -0.353. The molecule has 4 heterocycles. The van der Waals surface area contributed by atoms with E-state index in [9.17, 15) is 9.59 Å². The van der Waals surface area contributed by atoms with Crippen LogP contribution in [0.4, 0.5) is 0 Å². The van der Waals surface area contributed by atoms with E-state index in [0.717, 1.165) is 18.4 Å². The van der Waals surface area contributed by atoms with Crippen LogP contribution in [0.3, 0.4) is 0 Å². The number of carbonyl (C=O) groups is 2. The van der Waals surface area contributed by atoms with Gasteiger partial charge in [-0.2, -0.15) is 0 Å². The summed E-state index contributed by atoms with van der Waals surface area (Å²) in [6, 6.07) is 7.62. The van der Waals surface area contributed by atoms with Crippen molar-refractivity contribution in [3.63, 3.8) is 0 Å². The van der Waals surface area contributed by atoms with Crippen molar-refractivity contribution in [3.8, 4) is 0 Å². The van der Waals surface area contributed by atoms with Crippen molar-refractivity contribution in [2.24, 2.45) is 0 Å². The van der Waals surface area contributed by atoms with Crippen LogP contribution in [0.25, 0.3) is 16.7 Å². The van der Waals surface area contributed by atoms with Crippen LogP contribution in [0.1, 0.15) is 14.6 Å². The van der Waals surface area contributed by atoms with Gasteiger partial charge in [0.05, 0.1) is 20.3 Å². The van der Waals surface area contributed by atoms with E-state index in [0.29, 0.717) is 22.5 Å². The van der Waals surface area contributed by atoms with Gasteiger partial charge in [0, 0.05) is 20.9 Å². The first-order valence-corrected chi connectivity index (χ1v) is 8.86. The number of nitrogens with one attached hydrogen (secondary N) is 1. The number of carbonyl (C=O) groups excluding carboxylic acids is 2. The number of rotatable bonds is 2. The van der Waals surface area contributed by atoms with Crippen molar-refractivity contribution >= 4 is 61.8 Å². The molecule has 0 fully saturated rings. The summed E-state index contributed by atoms with van der Waals surface area (Å²) in [7, 11) is 0. The number of halogens is 1. The number of thiophene rings is 2. The summed E-state index contributed by atoms with van der Waals surface area (Å²) in [5, 5.41) is 6.93. The summed E-state index contributed by atoms with van der Waals surface area (Å²) in [5.41, 5.74) is 1.83. The van der Waals surface area contributed by atoms with Crippen LogP contribution in [0.2, 0.25) is 0 Å². The molecule has 0 saturated carbocycles. The maximum atomic E-state index is 12.4. The Morgan fingerprint density at radius 2 is 1.78 bits per heavy atom. The Labute approximate surface area is 208 Å². The van der Waals surface area contributed by atoms with Crippen LogP contribution < -0.4 is 74.2 Å². The van der Waals surface area contributed by atoms with Gasteiger partial charge in [0.2, 0.25) is 0 Å². The largest absolute Gasteiger partial charge is 1.00 e. The van der Waals surface area contributed by atoms with E-state index in [2.05, 4.69) is 26.6 Å². The van der Waals surface area contributed by atoms with E-state index in [1.807, 2.05) is 31.2 Å². The minimum Gasteiger partial charge on any atom is -0.621 e. The molecule has 0 aliphatic carbocycles. The van der Waals surface area contributed by atoms with Crippen LogP contribution in [-0.4, -0.2) is 11.8 Å². The number of aryl methyl sites for hydroxylation is 1. The van der Waals surface area contributed by atoms with Gasteiger partial charge in [-0.15, -0.1) is 28.4 Å². The average Bonchev–Trinajstić information content (AvgIpc) is 3.19. The van der Waals surface area contributed by atoms with Crippen molar-refractivity contribution in [1.82, 2.24) is 5.32 Å². The first-order chi connectivity index (χ1) is 10.5. The molecule has 0 atom stereocenters. The molecule has 2 amide bonds. The number of hydrogen-bond donors (Lipinski definition) is 1. The Morgan fingerprint density at radius 1 is 1.04 bits per heavy atom. The van der Waals surface area contributed by atoms with E-state index in [1.54, 1.807) is 0 Å². The molecule has 2 aliphatic rings. The standard InChI is InChI=1S/C15H9BrN2O2S2.Cs/c1-6-2-3-7(21-6)12-10-11(15(20)17-12)13(18-14(10)19)8-4-5-9(16)22-8;/h2-5H,1H3,(H2,17,18,19,20);/q;+1/p-1. The van der Waals surface area contributed by atoms with Gasteiger partial charge in [-0.1, -0.05) is 0 Å². The van der Waals surface area contributed by atoms with Gasteiger partial charge < -0.3 is 15.4 Å². The molecule has 1 N–H and O–H groups in total. The van der Waals surface area contributed by atoms with E-state index < -0.39 is 0 Å². The summed E-state index contributed by atoms with van der Waals surface area (Å²) < 4.78 is 0.943. The molecule has 0 aromatic carbocycles. The molecule has 0 saturated heterocycles. The van der Waals surface area contributed by atoms with Crippen LogP contribution in [0.15, 0.2) is 39.2 Å². The molecular formula is C15H8BrCsN2O2S2. The Morgan fingerprint density at radius 3 is 2.39 bits per heavy atom. The summed E-state index contributed by atoms with van der Waals surface area (Å²) in [5.74, 6) is -0.612. The zero-order chi connectivity index (χ0) is 15.4. The summed E-state index contributed by atoms with van der Waals surface area (Å²) >= 11 is 6.40. The fourth-order valence-electron chi connectivity index (χ4n) is 2.50. The van der Waals surface area contributed by atoms with Crippen LogP contribution >= 0.6 is 38.6 Å². The number of hydrogen-bond acceptors (Lipinski definition) is 4. The van der Waals surface area contributed by atoms with Crippen molar-refractivity contribution in [3.05, 3.63) is 59.1 Å². The quantitative estimate of drug-likeness (QED) is 0.638. The Hall–Kier alpha value is 0.352. The van der Waals surface area contributed by atoms with E-state index in [4.69, 9.17) is 0 Å². The molecule has 2 aromatic rings. The van der Waals surface area contributed by atoms with E-state index in [1.165, 1.54) is 22.7 Å². The van der Waals surface area contributed by atoms with E-state index in [-0.39, 0.29) is 80.7 Å². The molecule has 0 bridgehead atoms. The van der Waals surface area contributed by atoms with Crippen molar-refractivity contribution in [1.29, 1.82) is 0 Å². The molecule has 23 heavy (non-hydrogen) atoms. The molecule has 2 aromatic heterocycles. The predicted molar refractivity (Wildman–Crippen MR) is 91.4 cm³/mol. The third kappa shape index (κ3) is 3.13. The first kappa shape index (κ1) is 18.2. The SMILES string of the molecule is Cc1ccc(C2=C3C(=O)NC(c4ccc(Br)s4)=C3C(=O)[N-]2)s1.[Cs+]. The second kappa shape index (κ2) is 6.93. The van der Waals surface area contributed by atoms with Crippen LogP contribution in [0, 0.1) is 6.92 Å². The Kier molecular flexibility index (Phi) is 5.47. The molecule has 4 rings (SSSR count). The van der Waals surface area contributed by atoms with E-state index >= 15 is 0 Å². The first-order valence-electron chi connectivity index (χ1n) is 6.43. The second-order valence-corrected chi connectivity index (χ2v) is 8.61. The molecular weight excluding hydrogens is 517 g/mol. The average molecular weight is 525 g/mol. The van der Waals surface area contributed by atoms with Gasteiger partial charge in [-0.05, 0) is 47.1 Å². The second-order valence-electron chi connectivity index (χ2n) is 4.86. The zero-order valence-corrected chi connectivity index (χ0v) is 21.8. The molecule has 0 spiro atoms. The third-order valence-electron chi connectivity index (χ3n) is 3.42. The molecule has 4 nitrogen and oxygen atoms in total. The molecule has 0 radical (unpaired) electrons.